The second kappa shape index (κ2) is 5.74. The maximum Gasteiger partial charge on any atom is 0.127 e. The summed E-state index contributed by atoms with van der Waals surface area (Å²) in [5, 5.41) is 4.30. The summed E-state index contributed by atoms with van der Waals surface area (Å²) in [4.78, 5) is 0. The van der Waals surface area contributed by atoms with Gasteiger partial charge in [0, 0.05) is 35.2 Å². The second-order valence-corrected chi connectivity index (χ2v) is 6.06. The first-order valence-electron chi connectivity index (χ1n) is 7.29. The van der Waals surface area contributed by atoms with Crippen LogP contribution in [-0.4, -0.2) is 6.61 Å². The third kappa shape index (κ3) is 2.94. The SMILES string of the molecule is Cc1cc(C(C)NCc2cc(Cl)cc3c2OCC3)c(C)o1. The Labute approximate surface area is 130 Å². The van der Waals surface area contributed by atoms with Crippen molar-refractivity contribution in [3.05, 3.63) is 51.4 Å². The molecule has 0 bridgehead atoms. The minimum absolute atomic E-state index is 0.221. The van der Waals surface area contributed by atoms with Crippen LogP contribution >= 0.6 is 11.6 Å². The van der Waals surface area contributed by atoms with E-state index in [0.29, 0.717) is 0 Å². The Hall–Kier alpha value is -1.45. The molecule has 0 spiro atoms. The minimum atomic E-state index is 0.221. The van der Waals surface area contributed by atoms with Gasteiger partial charge in [-0.15, -0.1) is 0 Å². The van der Waals surface area contributed by atoms with Gasteiger partial charge in [-0.2, -0.15) is 0 Å². The van der Waals surface area contributed by atoms with Crippen LogP contribution in [0, 0.1) is 13.8 Å². The fourth-order valence-electron chi connectivity index (χ4n) is 2.93. The number of benzene rings is 1. The lowest BCUT2D eigenvalue weighted by Crippen LogP contribution is -2.18. The van der Waals surface area contributed by atoms with Crippen molar-refractivity contribution in [2.45, 2.75) is 39.8 Å². The summed E-state index contributed by atoms with van der Waals surface area (Å²) in [5.41, 5.74) is 3.54. The maximum atomic E-state index is 6.19. The van der Waals surface area contributed by atoms with Gasteiger partial charge in [0.25, 0.3) is 0 Å². The molecular formula is C17H20ClNO2. The van der Waals surface area contributed by atoms with Gasteiger partial charge >= 0.3 is 0 Å². The van der Waals surface area contributed by atoms with E-state index >= 15 is 0 Å². The van der Waals surface area contributed by atoms with Gasteiger partial charge in [0.05, 0.1) is 6.61 Å². The number of fused-ring (bicyclic) bond motifs is 1. The zero-order chi connectivity index (χ0) is 15.0. The molecule has 0 radical (unpaired) electrons. The maximum absolute atomic E-state index is 6.19. The number of hydrogen-bond donors (Lipinski definition) is 1. The summed E-state index contributed by atoms with van der Waals surface area (Å²) in [6.07, 6.45) is 0.943. The van der Waals surface area contributed by atoms with Crippen molar-refractivity contribution in [2.24, 2.45) is 0 Å². The highest BCUT2D eigenvalue weighted by atomic mass is 35.5. The fourth-order valence-corrected chi connectivity index (χ4v) is 3.19. The van der Waals surface area contributed by atoms with E-state index in [0.717, 1.165) is 47.4 Å². The molecule has 1 aliphatic rings. The van der Waals surface area contributed by atoms with E-state index < -0.39 is 0 Å². The molecule has 2 heterocycles. The normalized spacial score (nSPS) is 14.9. The summed E-state index contributed by atoms with van der Waals surface area (Å²) >= 11 is 6.19. The zero-order valence-corrected chi connectivity index (χ0v) is 13.4. The summed E-state index contributed by atoms with van der Waals surface area (Å²) in [7, 11) is 0. The van der Waals surface area contributed by atoms with E-state index in [9.17, 15) is 0 Å². The standard InChI is InChI=1S/C17H20ClNO2/c1-10-6-16(12(3)21-10)11(2)19-9-14-8-15(18)7-13-4-5-20-17(13)14/h6-8,11,19H,4-5,9H2,1-3H3. The van der Waals surface area contributed by atoms with Gasteiger partial charge in [-0.3, -0.25) is 0 Å². The molecule has 21 heavy (non-hydrogen) atoms. The highest BCUT2D eigenvalue weighted by Crippen LogP contribution is 2.33. The van der Waals surface area contributed by atoms with Gasteiger partial charge in [-0.1, -0.05) is 11.6 Å². The van der Waals surface area contributed by atoms with Crippen LogP contribution in [0.5, 0.6) is 5.75 Å². The van der Waals surface area contributed by atoms with Crippen molar-refractivity contribution in [1.29, 1.82) is 0 Å². The molecule has 0 fully saturated rings. The van der Waals surface area contributed by atoms with Crippen LogP contribution in [0.2, 0.25) is 5.02 Å². The number of hydrogen-bond acceptors (Lipinski definition) is 3. The molecule has 1 atom stereocenters. The largest absolute Gasteiger partial charge is 0.493 e. The van der Waals surface area contributed by atoms with Gasteiger partial charge in [-0.25, -0.2) is 0 Å². The lowest BCUT2D eigenvalue weighted by Gasteiger charge is -2.15. The van der Waals surface area contributed by atoms with Crippen LogP contribution in [0.3, 0.4) is 0 Å². The number of aryl methyl sites for hydroxylation is 2. The van der Waals surface area contributed by atoms with Gasteiger partial charge in [0.15, 0.2) is 0 Å². The third-order valence-corrected chi connectivity index (χ3v) is 4.19. The Morgan fingerprint density at radius 1 is 1.29 bits per heavy atom. The number of rotatable bonds is 4. The van der Waals surface area contributed by atoms with Crippen molar-refractivity contribution in [3.8, 4) is 5.75 Å². The molecule has 112 valence electrons. The van der Waals surface area contributed by atoms with Gasteiger partial charge in [0.2, 0.25) is 0 Å². The van der Waals surface area contributed by atoms with Crippen LogP contribution in [0.4, 0.5) is 0 Å². The molecule has 3 rings (SSSR count). The second-order valence-electron chi connectivity index (χ2n) is 5.62. The monoisotopic (exact) mass is 305 g/mol. The Balaban J connectivity index is 1.75. The molecule has 1 aromatic heterocycles. The third-order valence-electron chi connectivity index (χ3n) is 3.97. The molecule has 0 amide bonds. The van der Waals surface area contributed by atoms with Crippen molar-refractivity contribution >= 4 is 11.6 Å². The average Bonchev–Trinajstić information content (AvgIpc) is 3.01. The molecule has 0 saturated heterocycles. The minimum Gasteiger partial charge on any atom is -0.493 e. The molecule has 4 heteroatoms. The highest BCUT2D eigenvalue weighted by molar-refractivity contribution is 6.30. The molecule has 0 saturated carbocycles. The number of ether oxygens (including phenoxy) is 1. The first-order valence-corrected chi connectivity index (χ1v) is 7.67. The average molecular weight is 306 g/mol. The Bertz CT molecular complexity index is 663. The van der Waals surface area contributed by atoms with E-state index in [1.165, 1.54) is 11.1 Å². The number of halogens is 1. The molecule has 1 unspecified atom stereocenters. The molecular weight excluding hydrogens is 286 g/mol. The van der Waals surface area contributed by atoms with Crippen molar-refractivity contribution in [3.63, 3.8) is 0 Å². The topological polar surface area (TPSA) is 34.4 Å². The van der Waals surface area contributed by atoms with Crippen molar-refractivity contribution in [2.75, 3.05) is 6.61 Å². The Morgan fingerprint density at radius 2 is 2.10 bits per heavy atom. The van der Waals surface area contributed by atoms with E-state index in [1.54, 1.807) is 0 Å². The molecule has 1 aliphatic heterocycles. The van der Waals surface area contributed by atoms with E-state index in [2.05, 4.69) is 18.3 Å². The molecule has 2 aromatic rings. The quantitative estimate of drug-likeness (QED) is 0.912. The van der Waals surface area contributed by atoms with Crippen LogP contribution < -0.4 is 10.1 Å². The Morgan fingerprint density at radius 3 is 2.81 bits per heavy atom. The molecule has 0 aliphatic carbocycles. The summed E-state index contributed by atoms with van der Waals surface area (Å²) in [6.45, 7) is 7.59. The van der Waals surface area contributed by atoms with Gasteiger partial charge in [-0.05, 0) is 44.5 Å². The smallest absolute Gasteiger partial charge is 0.127 e. The van der Waals surface area contributed by atoms with E-state index in [4.69, 9.17) is 20.8 Å². The summed E-state index contributed by atoms with van der Waals surface area (Å²) in [6, 6.07) is 6.30. The van der Waals surface area contributed by atoms with Crippen LogP contribution in [0.1, 0.15) is 41.2 Å². The lowest BCUT2D eigenvalue weighted by molar-refractivity contribution is 0.351. The van der Waals surface area contributed by atoms with Crippen LogP contribution in [0.15, 0.2) is 22.6 Å². The van der Waals surface area contributed by atoms with Gasteiger partial charge < -0.3 is 14.5 Å². The fraction of sp³-hybridized carbons (Fsp3) is 0.412. The number of nitrogens with one attached hydrogen (secondary N) is 1. The summed E-state index contributed by atoms with van der Waals surface area (Å²) in [5.74, 6) is 2.92. The van der Waals surface area contributed by atoms with E-state index in [-0.39, 0.29) is 6.04 Å². The van der Waals surface area contributed by atoms with Crippen molar-refractivity contribution < 1.29 is 9.15 Å². The first-order chi connectivity index (χ1) is 10.0. The summed E-state index contributed by atoms with van der Waals surface area (Å²) < 4.78 is 11.3. The number of furan rings is 1. The zero-order valence-electron chi connectivity index (χ0n) is 12.6. The van der Waals surface area contributed by atoms with Crippen LogP contribution in [0.25, 0.3) is 0 Å². The lowest BCUT2D eigenvalue weighted by atomic mass is 10.1. The van der Waals surface area contributed by atoms with Crippen molar-refractivity contribution in [1.82, 2.24) is 5.32 Å². The van der Waals surface area contributed by atoms with E-state index in [1.807, 2.05) is 26.0 Å². The highest BCUT2D eigenvalue weighted by Gasteiger charge is 2.19. The molecule has 1 aromatic carbocycles. The first kappa shape index (κ1) is 14.5. The van der Waals surface area contributed by atoms with Crippen LogP contribution in [-0.2, 0) is 13.0 Å². The predicted octanol–water partition coefficient (Wildman–Crippen LogP) is 4.34. The predicted molar refractivity (Wildman–Crippen MR) is 84.1 cm³/mol. The molecule has 1 N–H and O–H groups in total. The molecule has 3 nitrogen and oxygen atoms in total. The Kier molecular flexibility index (Phi) is 3.96. The van der Waals surface area contributed by atoms with Gasteiger partial charge in [0.1, 0.15) is 17.3 Å².